The maximum absolute atomic E-state index is 5.40. The van der Waals surface area contributed by atoms with Crippen LogP contribution in [0, 0.1) is 0 Å². The third-order valence-corrected chi connectivity index (χ3v) is 4.40. The lowest BCUT2D eigenvalue weighted by Gasteiger charge is -2.29. The summed E-state index contributed by atoms with van der Waals surface area (Å²) in [5.74, 6) is 1.56. The van der Waals surface area contributed by atoms with Gasteiger partial charge in [0, 0.05) is 24.2 Å². The van der Waals surface area contributed by atoms with Gasteiger partial charge < -0.3 is 20.1 Å². The molecule has 1 saturated carbocycles. The van der Waals surface area contributed by atoms with Crippen LogP contribution in [0.2, 0.25) is 0 Å². The summed E-state index contributed by atoms with van der Waals surface area (Å²) in [6, 6.07) is 4.07. The molecule has 0 unspecified atom stereocenters. The molecule has 2 aliphatic rings. The van der Waals surface area contributed by atoms with E-state index in [4.69, 9.17) is 9.47 Å². The van der Waals surface area contributed by atoms with Gasteiger partial charge in [0.25, 0.3) is 0 Å². The van der Waals surface area contributed by atoms with E-state index < -0.39 is 0 Å². The lowest BCUT2D eigenvalue weighted by atomic mass is 9.93. The molecule has 1 fully saturated rings. The molecule has 0 saturated heterocycles. The Morgan fingerprint density at radius 3 is 2.21 bits per heavy atom. The van der Waals surface area contributed by atoms with Crippen molar-refractivity contribution in [2.75, 3.05) is 31.4 Å². The van der Waals surface area contributed by atoms with Crippen molar-refractivity contribution < 1.29 is 9.47 Å². The van der Waals surface area contributed by atoms with Crippen molar-refractivity contribution in [1.29, 1.82) is 0 Å². The summed E-state index contributed by atoms with van der Waals surface area (Å²) in [5.41, 5.74) is 2.52. The lowest BCUT2D eigenvalue weighted by Crippen LogP contribution is -2.35. The summed E-state index contributed by atoms with van der Waals surface area (Å²) in [7, 11) is 3.35. The molecule has 1 aliphatic carbocycles. The Morgan fingerprint density at radius 1 is 0.947 bits per heavy atom. The highest BCUT2D eigenvalue weighted by Gasteiger charge is 2.35. The summed E-state index contributed by atoms with van der Waals surface area (Å²) in [5, 5.41) is 7.27. The zero-order valence-electron chi connectivity index (χ0n) is 11.7. The molecule has 0 amide bonds. The third-order valence-electron chi connectivity index (χ3n) is 4.40. The van der Waals surface area contributed by atoms with Gasteiger partial charge in [-0.2, -0.15) is 0 Å². The van der Waals surface area contributed by atoms with Crippen LogP contribution in [0.3, 0.4) is 0 Å². The maximum Gasteiger partial charge on any atom is 0.162 e. The maximum atomic E-state index is 5.40. The van der Waals surface area contributed by atoms with Gasteiger partial charge in [0.05, 0.1) is 25.6 Å². The number of nitrogens with one attached hydrogen (secondary N) is 2. The Balaban J connectivity index is 1.98. The van der Waals surface area contributed by atoms with Gasteiger partial charge >= 0.3 is 0 Å². The largest absolute Gasteiger partial charge is 0.493 e. The highest BCUT2D eigenvalue weighted by Crippen LogP contribution is 2.43. The second-order valence-electron chi connectivity index (χ2n) is 5.54. The van der Waals surface area contributed by atoms with Crippen LogP contribution >= 0.6 is 0 Å². The van der Waals surface area contributed by atoms with Gasteiger partial charge in [-0.3, -0.25) is 0 Å². The van der Waals surface area contributed by atoms with Crippen LogP contribution in [-0.4, -0.2) is 26.3 Å². The first-order valence-corrected chi connectivity index (χ1v) is 7.04. The van der Waals surface area contributed by atoms with Crippen LogP contribution in [0.4, 0.5) is 11.4 Å². The molecule has 1 aliphatic heterocycles. The SMILES string of the molecule is COc1cc2c(cc1OC)NC1(CCCC1)CCN2. The highest BCUT2D eigenvalue weighted by atomic mass is 16.5. The van der Waals surface area contributed by atoms with Gasteiger partial charge in [-0.1, -0.05) is 12.8 Å². The fourth-order valence-corrected chi connectivity index (χ4v) is 3.34. The fraction of sp³-hybridized carbons (Fsp3) is 0.600. The number of ether oxygens (including phenoxy) is 2. The first-order valence-electron chi connectivity index (χ1n) is 7.04. The van der Waals surface area contributed by atoms with E-state index in [0.717, 1.165) is 29.4 Å². The van der Waals surface area contributed by atoms with Crippen LogP contribution in [0.5, 0.6) is 11.5 Å². The quantitative estimate of drug-likeness (QED) is 0.858. The molecule has 104 valence electrons. The number of hydrogen-bond acceptors (Lipinski definition) is 4. The Morgan fingerprint density at radius 2 is 1.58 bits per heavy atom. The first-order chi connectivity index (χ1) is 9.26. The van der Waals surface area contributed by atoms with Gasteiger partial charge in [-0.15, -0.1) is 0 Å². The number of anilines is 2. The van der Waals surface area contributed by atoms with E-state index in [0.29, 0.717) is 0 Å². The Bertz CT molecular complexity index is 467. The number of rotatable bonds is 2. The predicted octanol–water partition coefficient (Wildman–Crippen LogP) is 3.24. The molecule has 2 N–H and O–H groups in total. The molecule has 0 radical (unpaired) electrons. The minimum absolute atomic E-state index is 0.276. The first kappa shape index (κ1) is 12.5. The lowest BCUT2D eigenvalue weighted by molar-refractivity contribution is 0.355. The number of hydrogen-bond donors (Lipinski definition) is 2. The number of benzene rings is 1. The van der Waals surface area contributed by atoms with Crippen molar-refractivity contribution in [3.05, 3.63) is 12.1 Å². The van der Waals surface area contributed by atoms with Gasteiger partial charge in [0.15, 0.2) is 11.5 Å². The van der Waals surface area contributed by atoms with E-state index in [-0.39, 0.29) is 5.54 Å². The molecule has 1 aromatic rings. The van der Waals surface area contributed by atoms with Crippen LogP contribution in [0.1, 0.15) is 32.1 Å². The zero-order chi connectivity index (χ0) is 13.3. The van der Waals surface area contributed by atoms with E-state index in [1.165, 1.54) is 32.1 Å². The fourth-order valence-electron chi connectivity index (χ4n) is 3.34. The van der Waals surface area contributed by atoms with Crippen molar-refractivity contribution in [2.45, 2.75) is 37.6 Å². The highest BCUT2D eigenvalue weighted by molar-refractivity contribution is 5.75. The predicted molar refractivity (Wildman–Crippen MR) is 77.5 cm³/mol. The molecular weight excluding hydrogens is 240 g/mol. The van der Waals surface area contributed by atoms with E-state index >= 15 is 0 Å². The molecule has 0 bridgehead atoms. The second kappa shape index (κ2) is 4.83. The van der Waals surface area contributed by atoms with E-state index in [1.807, 2.05) is 12.1 Å². The molecule has 4 heteroatoms. The monoisotopic (exact) mass is 262 g/mol. The van der Waals surface area contributed by atoms with Crippen molar-refractivity contribution in [2.24, 2.45) is 0 Å². The van der Waals surface area contributed by atoms with Crippen LogP contribution in [0.25, 0.3) is 0 Å². The second-order valence-corrected chi connectivity index (χ2v) is 5.54. The Hall–Kier alpha value is -1.58. The topological polar surface area (TPSA) is 42.5 Å². The van der Waals surface area contributed by atoms with Crippen molar-refractivity contribution in [3.63, 3.8) is 0 Å². The molecule has 19 heavy (non-hydrogen) atoms. The Kier molecular flexibility index (Phi) is 3.17. The summed E-state index contributed by atoms with van der Waals surface area (Å²) in [4.78, 5) is 0. The van der Waals surface area contributed by atoms with Crippen LogP contribution in [-0.2, 0) is 0 Å². The minimum atomic E-state index is 0.276. The zero-order valence-corrected chi connectivity index (χ0v) is 11.7. The molecule has 1 aromatic carbocycles. The molecular formula is C15H22N2O2. The molecule has 4 nitrogen and oxygen atoms in total. The minimum Gasteiger partial charge on any atom is -0.493 e. The average Bonchev–Trinajstić information content (AvgIpc) is 2.80. The van der Waals surface area contributed by atoms with Crippen molar-refractivity contribution in [1.82, 2.24) is 0 Å². The van der Waals surface area contributed by atoms with Crippen molar-refractivity contribution in [3.8, 4) is 11.5 Å². The smallest absolute Gasteiger partial charge is 0.162 e. The normalized spacial score (nSPS) is 20.1. The van der Waals surface area contributed by atoms with E-state index in [9.17, 15) is 0 Å². The van der Waals surface area contributed by atoms with Crippen molar-refractivity contribution >= 4 is 11.4 Å². The van der Waals surface area contributed by atoms with Crippen LogP contribution < -0.4 is 20.1 Å². The van der Waals surface area contributed by atoms with Gasteiger partial charge in [-0.05, 0) is 19.3 Å². The number of fused-ring (bicyclic) bond motifs is 1. The van der Waals surface area contributed by atoms with Gasteiger partial charge in [0.1, 0.15) is 0 Å². The number of methoxy groups -OCH3 is 2. The summed E-state index contributed by atoms with van der Waals surface area (Å²) in [6.45, 7) is 1.01. The standard InChI is InChI=1S/C15H22N2O2/c1-18-13-9-11-12(10-14(13)19-2)17-15(7-8-16-11)5-3-4-6-15/h9-10,16-17H,3-8H2,1-2H3. The summed E-state index contributed by atoms with van der Waals surface area (Å²) >= 11 is 0. The van der Waals surface area contributed by atoms with Gasteiger partial charge in [0.2, 0.25) is 0 Å². The Labute approximate surface area is 114 Å². The molecule has 1 spiro atoms. The van der Waals surface area contributed by atoms with Gasteiger partial charge in [-0.25, -0.2) is 0 Å². The summed E-state index contributed by atoms with van der Waals surface area (Å²) in [6.07, 6.45) is 6.36. The molecule has 0 aromatic heterocycles. The summed E-state index contributed by atoms with van der Waals surface area (Å²) < 4.78 is 10.8. The molecule has 3 rings (SSSR count). The molecule has 0 atom stereocenters. The molecule has 1 heterocycles. The van der Waals surface area contributed by atoms with Crippen LogP contribution in [0.15, 0.2) is 12.1 Å². The third kappa shape index (κ3) is 2.20. The average molecular weight is 262 g/mol. The van der Waals surface area contributed by atoms with E-state index in [2.05, 4.69) is 10.6 Å². The van der Waals surface area contributed by atoms with E-state index in [1.54, 1.807) is 14.2 Å².